The summed E-state index contributed by atoms with van der Waals surface area (Å²) in [7, 11) is -3.36. The third kappa shape index (κ3) is 3.71. The molecule has 0 saturated heterocycles. The minimum Gasteiger partial charge on any atom is -0.342 e. The fourth-order valence-corrected chi connectivity index (χ4v) is 4.65. The van der Waals surface area contributed by atoms with Crippen LogP contribution in [0.2, 0.25) is 0 Å². The summed E-state index contributed by atoms with van der Waals surface area (Å²) in [6.07, 6.45) is 2.27. The SMILES string of the molecule is Cc1ccc(C2CC2c2nc3cc(-c4ccccc4NS(C)(=O)=O)ccc3[nH]2)cc1. The second-order valence-electron chi connectivity index (χ2n) is 8.13. The maximum Gasteiger partial charge on any atom is 0.229 e. The molecule has 1 aliphatic carbocycles. The number of imidazole rings is 1. The number of H-pyrrole nitrogens is 1. The predicted molar refractivity (Wildman–Crippen MR) is 121 cm³/mol. The largest absolute Gasteiger partial charge is 0.342 e. The first-order chi connectivity index (χ1) is 14.4. The number of rotatable bonds is 5. The molecule has 3 aromatic carbocycles. The maximum atomic E-state index is 11.7. The van der Waals surface area contributed by atoms with Crippen molar-refractivity contribution < 1.29 is 8.42 Å². The van der Waals surface area contributed by atoms with Gasteiger partial charge in [-0.05, 0) is 48.6 Å². The van der Waals surface area contributed by atoms with Crippen LogP contribution in [0.5, 0.6) is 0 Å². The van der Waals surface area contributed by atoms with Gasteiger partial charge in [0.2, 0.25) is 10.0 Å². The third-order valence-corrected chi connectivity index (χ3v) is 6.27. The first-order valence-electron chi connectivity index (χ1n) is 10.0. The van der Waals surface area contributed by atoms with Gasteiger partial charge in [-0.15, -0.1) is 0 Å². The van der Waals surface area contributed by atoms with E-state index in [1.807, 2.05) is 36.4 Å². The van der Waals surface area contributed by atoms with E-state index in [0.29, 0.717) is 17.5 Å². The molecule has 5 rings (SSSR count). The Hall–Kier alpha value is -3.12. The molecule has 0 amide bonds. The molecule has 1 aliphatic rings. The molecule has 1 fully saturated rings. The van der Waals surface area contributed by atoms with Gasteiger partial charge in [0, 0.05) is 11.5 Å². The average Bonchev–Trinajstić information content (AvgIpc) is 3.39. The third-order valence-electron chi connectivity index (χ3n) is 5.68. The number of anilines is 1. The number of nitrogens with zero attached hydrogens (tertiary/aromatic N) is 1. The Morgan fingerprint density at radius 2 is 1.77 bits per heavy atom. The number of hydrogen-bond donors (Lipinski definition) is 2. The Labute approximate surface area is 176 Å². The molecular formula is C24H23N3O2S. The molecular weight excluding hydrogens is 394 g/mol. The lowest BCUT2D eigenvalue weighted by molar-refractivity contribution is 0.607. The second kappa shape index (κ2) is 6.99. The van der Waals surface area contributed by atoms with Crippen LogP contribution in [0.15, 0.2) is 66.7 Å². The number of benzene rings is 3. The molecule has 0 aliphatic heterocycles. The number of aryl methyl sites for hydroxylation is 1. The van der Waals surface area contributed by atoms with E-state index in [1.54, 1.807) is 6.07 Å². The predicted octanol–water partition coefficient (Wildman–Crippen LogP) is 5.18. The second-order valence-corrected chi connectivity index (χ2v) is 9.88. The lowest BCUT2D eigenvalue weighted by Gasteiger charge is -2.10. The standard InChI is InChI=1S/C24H23N3O2S/c1-15-7-9-16(10-8-15)19-14-20(19)24-25-22-12-11-17(13-23(22)26-24)18-5-3-4-6-21(18)27-30(2,28)29/h3-13,19-20,27H,14H2,1-2H3,(H,25,26). The highest BCUT2D eigenvalue weighted by Crippen LogP contribution is 2.54. The van der Waals surface area contributed by atoms with Gasteiger partial charge in [0.25, 0.3) is 0 Å². The van der Waals surface area contributed by atoms with E-state index < -0.39 is 10.0 Å². The lowest BCUT2D eigenvalue weighted by atomic mass is 10.0. The summed E-state index contributed by atoms with van der Waals surface area (Å²) in [5.74, 6) is 1.96. The van der Waals surface area contributed by atoms with Gasteiger partial charge in [-0.25, -0.2) is 13.4 Å². The van der Waals surface area contributed by atoms with Crippen LogP contribution in [0.25, 0.3) is 22.2 Å². The van der Waals surface area contributed by atoms with Crippen molar-refractivity contribution in [2.75, 3.05) is 11.0 Å². The molecule has 5 nitrogen and oxygen atoms in total. The van der Waals surface area contributed by atoms with Crippen molar-refractivity contribution in [3.05, 3.63) is 83.7 Å². The van der Waals surface area contributed by atoms with Gasteiger partial charge in [-0.1, -0.05) is 54.1 Å². The number of sulfonamides is 1. The molecule has 1 aromatic heterocycles. The van der Waals surface area contributed by atoms with Gasteiger partial charge in [0.15, 0.2) is 0 Å². The quantitative estimate of drug-likeness (QED) is 0.470. The van der Waals surface area contributed by atoms with E-state index in [9.17, 15) is 8.42 Å². The average molecular weight is 418 g/mol. The summed E-state index contributed by atoms with van der Waals surface area (Å²) in [5.41, 5.74) is 6.86. The highest BCUT2D eigenvalue weighted by atomic mass is 32.2. The van der Waals surface area contributed by atoms with Gasteiger partial charge in [-0.3, -0.25) is 4.72 Å². The van der Waals surface area contributed by atoms with Gasteiger partial charge >= 0.3 is 0 Å². The molecule has 1 saturated carbocycles. The smallest absolute Gasteiger partial charge is 0.229 e. The molecule has 0 radical (unpaired) electrons. The number of aromatic nitrogens is 2. The Bertz CT molecular complexity index is 1340. The van der Waals surface area contributed by atoms with Crippen molar-refractivity contribution in [3.63, 3.8) is 0 Å². The van der Waals surface area contributed by atoms with Crippen molar-refractivity contribution in [3.8, 4) is 11.1 Å². The zero-order valence-corrected chi connectivity index (χ0v) is 17.7. The molecule has 6 heteroatoms. The first kappa shape index (κ1) is 18.9. The minimum absolute atomic E-state index is 0.419. The van der Waals surface area contributed by atoms with Crippen LogP contribution in [-0.4, -0.2) is 24.6 Å². The molecule has 2 atom stereocenters. The summed E-state index contributed by atoms with van der Waals surface area (Å²) >= 11 is 0. The van der Waals surface area contributed by atoms with Gasteiger partial charge in [-0.2, -0.15) is 0 Å². The Kier molecular flexibility index (Phi) is 4.40. The number of fused-ring (bicyclic) bond motifs is 1. The highest BCUT2D eigenvalue weighted by molar-refractivity contribution is 7.92. The summed E-state index contributed by atoms with van der Waals surface area (Å²) in [6.45, 7) is 2.11. The van der Waals surface area contributed by atoms with Crippen LogP contribution in [0, 0.1) is 6.92 Å². The summed E-state index contributed by atoms with van der Waals surface area (Å²) in [6, 6.07) is 22.2. The fourth-order valence-electron chi connectivity index (χ4n) is 4.07. The van der Waals surface area contributed by atoms with E-state index in [0.717, 1.165) is 40.7 Å². The highest BCUT2D eigenvalue weighted by Gasteiger charge is 2.41. The molecule has 1 heterocycles. The van der Waals surface area contributed by atoms with E-state index >= 15 is 0 Å². The number of hydrogen-bond acceptors (Lipinski definition) is 3. The molecule has 4 aromatic rings. The van der Waals surface area contributed by atoms with E-state index in [2.05, 4.69) is 40.9 Å². The normalized spacial score (nSPS) is 18.5. The van der Waals surface area contributed by atoms with Crippen LogP contribution in [0.3, 0.4) is 0 Å². The topological polar surface area (TPSA) is 74.8 Å². The van der Waals surface area contributed by atoms with E-state index in [1.165, 1.54) is 11.1 Å². The summed E-state index contributed by atoms with van der Waals surface area (Å²) in [4.78, 5) is 8.34. The van der Waals surface area contributed by atoms with Crippen LogP contribution in [0.1, 0.15) is 35.2 Å². The maximum absolute atomic E-state index is 11.7. The van der Waals surface area contributed by atoms with Crippen LogP contribution in [0.4, 0.5) is 5.69 Å². The first-order valence-corrected chi connectivity index (χ1v) is 11.9. The number of para-hydroxylation sites is 1. The minimum atomic E-state index is -3.36. The lowest BCUT2D eigenvalue weighted by Crippen LogP contribution is -2.10. The zero-order valence-electron chi connectivity index (χ0n) is 16.9. The van der Waals surface area contributed by atoms with Crippen molar-refractivity contribution >= 4 is 26.7 Å². The number of nitrogens with one attached hydrogen (secondary N) is 2. The molecule has 0 bridgehead atoms. The van der Waals surface area contributed by atoms with Crippen molar-refractivity contribution in [2.45, 2.75) is 25.2 Å². The van der Waals surface area contributed by atoms with Gasteiger partial charge in [0.1, 0.15) is 5.82 Å². The molecule has 2 unspecified atom stereocenters. The number of aromatic amines is 1. The van der Waals surface area contributed by atoms with Crippen LogP contribution >= 0.6 is 0 Å². The van der Waals surface area contributed by atoms with Crippen molar-refractivity contribution in [2.24, 2.45) is 0 Å². The molecule has 0 spiro atoms. The summed E-state index contributed by atoms with van der Waals surface area (Å²) in [5, 5.41) is 0. The molecule has 30 heavy (non-hydrogen) atoms. The van der Waals surface area contributed by atoms with Gasteiger partial charge in [0.05, 0.1) is 23.0 Å². The van der Waals surface area contributed by atoms with Crippen molar-refractivity contribution in [1.82, 2.24) is 9.97 Å². The fraction of sp³-hybridized carbons (Fsp3) is 0.208. The summed E-state index contributed by atoms with van der Waals surface area (Å²) < 4.78 is 26.0. The van der Waals surface area contributed by atoms with Crippen molar-refractivity contribution in [1.29, 1.82) is 0 Å². The Morgan fingerprint density at radius 1 is 1.00 bits per heavy atom. The monoisotopic (exact) mass is 417 g/mol. The van der Waals surface area contributed by atoms with Gasteiger partial charge < -0.3 is 4.98 Å². The Morgan fingerprint density at radius 3 is 2.53 bits per heavy atom. The molecule has 2 N–H and O–H groups in total. The van der Waals surface area contributed by atoms with Crippen LogP contribution in [-0.2, 0) is 10.0 Å². The van der Waals surface area contributed by atoms with Crippen LogP contribution < -0.4 is 4.72 Å². The van der Waals surface area contributed by atoms with E-state index in [-0.39, 0.29) is 0 Å². The zero-order chi connectivity index (χ0) is 20.9. The molecule has 152 valence electrons. The van der Waals surface area contributed by atoms with E-state index in [4.69, 9.17) is 4.98 Å². The Balaban J connectivity index is 1.45.